The predicted molar refractivity (Wildman–Crippen MR) is 66.7 cm³/mol. The molecule has 0 saturated carbocycles. The van der Waals surface area contributed by atoms with Crippen LogP contribution in [-0.4, -0.2) is 19.6 Å². The third kappa shape index (κ3) is 4.33. The highest BCUT2D eigenvalue weighted by Crippen LogP contribution is 2.16. The van der Waals surface area contributed by atoms with E-state index in [0.29, 0.717) is 6.42 Å². The Bertz CT molecular complexity index is 323. The highest BCUT2D eigenvalue weighted by molar-refractivity contribution is 7.10. The summed E-state index contributed by atoms with van der Waals surface area (Å²) in [5.74, 6) is -0.132. The molecule has 1 heterocycles. The van der Waals surface area contributed by atoms with Gasteiger partial charge in [0.1, 0.15) is 0 Å². The van der Waals surface area contributed by atoms with Crippen molar-refractivity contribution in [1.29, 1.82) is 0 Å². The molecule has 0 atom stereocenters. The lowest BCUT2D eigenvalue weighted by molar-refractivity contribution is -0.140. The number of hydrogen-bond donors (Lipinski definition) is 1. The topological polar surface area (TPSA) is 38.3 Å². The van der Waals surface area contributed by atoms with Crippen LogP contribution in [0.3, 0.4) is 0 Å². The van der Waals surface area contributed by atoms with Gasteiger partial charge in [-0.3, -0.25) is 4.79 Å². The Kier molecular flexibility index (Phi) is 6.11. The van der Waals surface area contributed by atoms with Crippen molar-refractivity contribution in [3.63, 3.8) is 0 Å². The lowest BCUT2D eigenvalue weighted by Crippen LogP contribution is -2.16. The van der Waals surface area contributed by atoms with E-state index in [1.165, 1.54) is 17.6 Å². The molecule has 0 fully saturated rings. The van der Waals surface area contributed by atoms with Crippen LogP contribution in [0.25, 0.3) is 0 Å². The van der Waals surface area contributed by atoms with Crippen LogP contribution in [0.2, 0.25) is 0 Å². The first-order chi connectivity index (χ1) is 7.77. The first kappa shape index (κ1) is 13.2. The van der Waals surface area contributed by atoms with Crippen LogP contribution in [0.4, 0.5) is 0 Å². The van der Waals surface area contributed by atoms with Crippen molar-refractivity contribution >= 4 is 17.3 Å². The minimum atomic E-state index is -0.132. The molecule has 16 heavy (non-hydrogen) atoms. The number of ether oxygens (including phenoxy) is 1. The number of hydrogen-bond acceptors (Lipinski definition) is 4. The van der Waals surface area contributed by atoms with Crippen molar-refractivity contribution in [1.82, 2.24) is 5.32 Å². The average Bonchev–Trinajstić information content (AvgIpc) is 2.75. The molecule has 1 aromatic heterocycles. The Labute approximate surface area is 101 Å². The van der Waals surface area contributed by atoms with Gasteiger partial charge in [0, 0.05) is 17.8 Å². The molecule has 0 aromatic carbocycles. The third-order valence-corrected chi connectivity index (χ3v) is 3.43. The normalized spacial score (nSPS) is 10.4. The van der Waals surface area contributed by atoms with Crippen molar-refractivity contribution in [2.75, 3.05) is 13.7 Å². The number of thiophene rings is 1. The summed E-state index contributed by atoms with van der Waals surface area (Å²) >= 11 is 1.79. The summed E-state index contributed by atoms with van der Waals surface area (Å²) in [5, 5.41) is 5.47. The maximum Gasteiger partial charge on any atom is 0.305 e. The van der Waals surface area contributed by atoms with Crippen molar-refractivity contribution in [3.05, 3.63) is 21.9 Å². The van der Waals surface area contributed by atoms with E-state index < -0.39 is 0 Å². The van der Waals surface area contributed by atoms with E-state index in [-0.39, 0.29) is 5.97 Å². The molecule has 90 valence electrons. The Hall–Kier alpha value is -0.870. The largest absolute Gasteiger partial charge is 0.469 e. The maximum absolute atomic E-state index is 10.9. The number of carbonyl (C=O) groups is 1. The fraction of sp³-hybridized carbons (Fsp3) is 0.583. The van der Waals surface area contributed by atoms with Crippen molar-refractivity contribution in [3.8, 4) is 0 Å². The summed E-state index contributed by atoms with van der Waals surface area (Å²) in [6.07, 6.45) is 2.41. The summed E-state index contributed by atoms with van der Waals surface area (Å²) in [5.41, 5.74) is 1.42. The van der Waals surface area contributed by atoms with Crippen LogP contribution >= 0.6 is 11.3 Å². The predicted octanol–water partition coefficient (Wildman–Crippen LogP) is 2.35. The summed E-state index contributed by atoms with van der Waals surface area (Å²) in [6.45, 7) is 3.93. The zero-order valence-electron chi connectivity index (χ0n) is 9.91. The number of nitrogens with one attached hydrogen (secondary N) is 1. The lowest BCUT2D eigenvalue weighted by Gasteiger charge is -2.04. The summed E-state index contributed by atoms with van der Waals surface area (Å²) in [7, 11) is 1.43. The molecule has 0 amide bonds. The third-order valence-electron chi connectivity index (χ3n) is 2.47. The zero-order chi connectivity index (χ0) is 11.8. The molecular formula is C12H19NO2S. The molecule has 0 aliphatic heterocycles. The van der Waals surface area contributed by atoms with Gasteiger partial charge in [0.25, 0.3) is 0 Å². The second-order valence-corrected chi connectivity index (χ2v) is 4.58. The Morgan fingerprint density at radius 1 is 1.56 bits per heavy atom. The standard InChI is InChI=1S/C12H19NO2S/c1-3-10-6-8-16-11(10)9-13-7-4-5-12(14)15-2/h6,8,13H,3-5,7,9H2,1-2H3. The number of rotatable bonds is 7. The highest BCUT2D eigenvalue weighted by atomic mass is 32.1. The van der Waals surface area contributed by atoms with E-state index in [4.69, 9.17) is 0 Å². The monoisotopic (exact) mass is 241 g/mol. The van der Waals surface area contributed by atoms with Crippen LogP contribution in [0.15, 0.2) is 11.4 Å². The summed E-state index contributed by atoms with van der Waals surface area (Å²) < 4.78 is 4.57. The van der Waals surface area contributed by atoms with Gasteiger partial charge in [-0.25, -0.2) is 0 Å². The summed E-state index contributed by atoms with van der Waals surface area (Å²) in [4.78, 5) is 12.3. The van der Waals surface area contributed by atoms with Gasteiger partial charge in [0.15, 0.2) is 0 Å². The molecular weight excluding hydrogens is 222 g/mol. The quantitative estimate of drug-likeness (QED) is 0.588. The van der Waals surface area contributed by atoms with Gasteiger partial charge in [-0.2, -0.15) is 0 Å². The van der Waals surface area contributed by atoms with Crippen molar-refractivity contribution < 1.29 is 9.53 Å². The molecule has 1 N–H and O–H groups in total. The Morgan fingerprint density at radius 2 is 2.38 bits per heavy atom. The van der Waals surface area contributed by atoms with E-state index in [1.54, 1.807) is 11.3 Å². The number of methoxy groups -OCH3 is 1. The van der Waals surface area contributed by atoms with Gasteiger partial charge < -0.3 is 10.1 Å². The fourth-order valence-electron chi connectivity index (χ4n) is 1.50. The second kappa shape index (κ2) is 7.41. The molecule has 3 nitrogen and oxygen atoms in total. The SMILES string of the molecule is CCc1ccsc1CNCCCC(=O)OC. The van der Waals surface area contributed by atoms with Crippen LogP contribution in [0, 0.1) is 0 Å². The Balaban J connectivity index is 2.14. The molecule has 0 aliphatic carbocycles. The molecule has 0 bridgehead atoms. The van der Waals surface area contributed by atoms with E-state index in [9.17, 15) is 4.79 Å². The first-order valence-electron chi connectivity index (χ1n) is 5.60. The lowest BCUT2D eigenvalue weighted by atomic mass is 10.2. The highest BCUT2D eigenvalue weighted by Gasteiger charge is 2.02. The van der Waals surface area contributed by atoms with Crippen LogP contribution < -0.4 is 5.32 Å². The molecule has 0 unspecified atom stereocenters. The minimum absolute atomic E-state index is 0.132. The fourth-order valence-corrected chi connectivity index (χ4v) is 2.44. The minimum Gasteiger partial charge on any atom is -0.469 e. The van der Waals surface area contributed by atoms with Crippen LogP contribution in [-0.2, 0) is 22.5 Å². The van der Waals surface area contributed by atoms with E-state index in [2.05, 4.69) is 28.4 Å². The summed E-state index contributed by atoms with van der Waals surface area (Å²) in [6, 6.07) is 2.18. The smallest absolute Gasteiger partial charge is 0.305 e. The number of aryl methyl sites for hydroxylation is 1. The zero-order valence-corrected chi connectivity index (χ0v) is 10.7. The number of carbonyl (C=O) groups excluding carboxylic acids is 1. The van der Waals surface area contributed by atoms with Gasteiger partial charge in [0.05, 0.1) is 7.11 Å². The first-order valence-corrected chi connectivity index (χ1v) is 6.48. The molecule has 4 heteroatoms. The van der Waals surface area contributed by atoms with Gasteiger partial charge in [-0.1, -0.05) is 6.92 Å². The van der Waals surface area contributed by atoms with Crippen LogP contribution in [0.1, 0.15) is 30.2 Å². The Morgan fingerprint density at radius 3 is 3.06 bits per heavy atom. The van der Waals surface area contributed by atoms with E-state index >= 15 is 0 Å². The molecule has 0 radical (unpaired) electrons. The second-order valence-electron chi connectivity index (χ2n) is 3.58. The van der Waals surface area contributed by atoms with Gasteiger partial charge in [-0.15, -0.1) is 11.3 Å². The van der Waals surface area contributed by atoms with Crippen molar-refractivity contribution in [2.45, 2.75) is 32.7 Å². The molecule has 1 aromatic rings. The average molecular weight is 241 g/mol. The van der Waals surface area contributed by atoms with Gasteiger partial charge >= 0.3 is 5.97 Å². The van der Waals surface area contributed by atoms with Crippen molar-refractivity contribution in [2.24, 2.45) is 0 Å². The van der Waals surface area contributed by atoms with Gasteiger partial charge in [-0.05, 0) is 36.4 Å². The maximum atomic E-state index is 10.9. The van der Waals surface area contributed by atoms with Crippen LogP contribution in [0.5, 0.6) is 0 Å². The number of esters is 1. The van der Waals surface area contributed by atoms with E-state index in [0.717, 1.165) is 25.9 Å². The van der Waals surface area contributed by atoms with E-state index in [1.807, 2.05) is 0 Å². The molecule has 0 aliphatic rings. The van der Waals surface area contributed by atoms with Gasteiger partial charge in [0.2, 0.25) is 0 Å². The molecule has 0 saturated heterocycles. The molecule has 1 rings (SSSR count). The molecule has 0 spiro atoms.